The highest BCUT2D eigenvalue weighted by molar-refractivity contribution is 5.85. The molecule has 4 nitrogen and oxygen atoms in total. The first-order valence-corrected chi connectivity index (χ1v) is 5.79. The van der Waals surface area contributed by atoms with Gasteiger partial charge in [0.05, 0.1) is 6.61 Å². The number of carboxylic acid groups (broad SMARTS) is 1. The van der Waals surface area contributed by atoms with Crippen LogP contribution in [0.25, 0.3) is 6.08 Å². The van der Waals surface area contributed by atoms with Gasteiger partial charge in [-0.1, -0.05) is 24.3 Å². The van der Waals surface area contributed by atoms with E-state index in [0.717, 1.165) is 23.6 Å². The van der Waals surface area contributed by atoms with Crippen LogP contribution in [0.4, 0.5) is 0 Å². The third-order valence-electron chi connectivity index (χ3n) is 2.30. The van der Waals surface area contributed by atoms with E-state index in [4.69, 9.17) is 14.6 Å². The van der Waals surface area contributed by atoms with Crippen molar-refractivity contribution in [1.82, 2.24) is 0 Å². The first-order valence-electron chi connectivity index (χ1n) is 5.79. The summed E-state index contributed by atoms with van der Waals surface area (Å²) in [5.41, 5.74) is 1.93. The second-order valence-electron chi connectivity index (χ2n) is 3.81. The lowest BCUT2D eigenvalue weighted by molar-refractivity contribution is -0.131. The molecule has 0 unspecified atom stereocenters. The van der Waals surface area contributed by atoms with Crippen molar-refractivity contribution in [1.29, 1.82) is 0 Å². The van der Waals surface area contributed by atoms with E-state index in [0.29, 0.717) is 19.8 Å². The van der Waals surface area contributed by atoms with Crippen LogP contribution in [-0.4, -0.2) is 31.4 Å². The molecule has 0 radical (unpaired) electrons. The van der Waals surface area contributed by atoms with Crippen molar-refractivity contribution in [2.24, 2.45) is 0 Å². The summed E-state index contributed by atoms with van der Waals surface area (Å²) in [5, 5.41) is 8.50. The number of carboxylic acids is 1. The lowest BCUT2D eigenvalue weighted by atomic mass is 10.1. The molecule has 1 aromatic rings. The van der Waals surface area contributed by atoms with Crippen molar-refractivity contribution in [2.75, 3.05) is 20.3 Å². The minimum Gasteiger partial charge on any atom is -0.478 e. The molecule has 0 atom stereocenters. The Kier molecular flexibility index (Phi) is 6.76. The Bertz CT molecular complexity index is 381. The lowest BCUT2D eigenvalue weighted by Gasteiger charge is -2.04. The van der Waals surface area contributed by atoms with Gasteiger partial charge in [0.1, 0.15) is 0 Å². The van der Waals surface area contributed by atoms with Crippen LogP contribution in [0.1, 0.15) is 17.5 Å². The summed E-state index contributed by atoms with van der Waals surface area (Å²) in [4.78, 5) is 10.4. The predicted octanol–water partition coefficient (Wildman–Crippen LogP) is 2.34. The zero-order valence-electron chi connectivity index (χ0n) is 10.5. The summed E-state index contributed by atoms with van der Waals surface area (Å²) in [7, 11) is 1.67. The highest BCUT2D eigenvalue weighted by Gasteiger charge is 1.94. The molecule has 0 aliphatic heterocycles. The molecular formula is C14H18O4. The van der Waals surface area contributed by atoms with Crippen molar-refractivity contribution >= 4 is 12.0 Å². The lowest BCUT2D eigenvalue weighted by Crippen LogP contribution is -1.99. The molecule has 0 aromatic heterocycles. The van der Waals surface area contributed by atoms with E-state index in [1.165, 1.54) is 0 Å². The molecule has 1 aromatic carbocycles. The van der Waals surface area contributed by atoms with Crippen molar-refractivity contribution in [3.63, 3.8) is 0 Å². The number of benzene rings is 1. The fourth-order valence-corrected chi connectivity index (χ4v) is 1.39. The quantitative estimate of drug-likeness (QED) is 0.568. The Hall–Kier alpha value is -1.65. The average Bonchev–Trinajstić information content (AvgIpc) is 2.37. The van der Waals surface area contributed by atoms with Crippen molar-refractivity contribution in [2.45, 2.75) is 13.0 Å². The summed E-state index contributed by atoms with van der Waals surface area (Å²) in [6, 6.07) is 7.59. The normalized spacial score (nSPS) is 10.9. The second-order valence-corrected chi connectivity index (χ2v) is 3.81. The molecule has 1 rings (SSSR count). The maximum absolute atomic E-state index is 10.4. The molecule has 0 saturated carbocycles. The molecule has 1 N–H and O–H groups in total. The van der Waals surface area contributed by atoms with Crippen LogP contribution in [0.3, 0.4) is 0 Å². The molecule has 0 aliphatic carbocycles. The fraction of sp³-hybridized carbons (Fsp3) is 0.357. The Labute approximate surface area is 107 Å². The van der Waals surface area contributed by atoms with Gasteiger partial charge in [-0.25, -0.2) is 4.79 Å². The van der Waals surface area contributed by atoms with Gasteiger partial charge in [-0.3, -0.25) is 0 Å². The van der Waals surface area contributed by atoms with Gasteiger partial charge in [0.2, 0.25) is 0 Å². The van der Waals surface area contributed by atoms with Crippen LogP contribution < -0.4 is 0 Å². The Morgan fingerprint density at radius 3 is 2.61 bits per heavy atom. The van der Waals surface area contributed by atoms with Gasteiger partial charge in [0.25, 0.3) is 0 Å². The van der Waals surface area contributed by atoms with Gasteiger partial charge < -0.3 is 14.6 Å². The van der Waals surface area contributed by atoms with Crippen LogP contribution in [0.2, 0.25) is 0 Å². The molecule has 18 heavy (non-hydrogen) atoms. The number of carbonyl (C=O) groups is 1. The van der Waals surface area contributed by atoms with E-state index in [-0.39, 0.29) is 0 Å². The summed E-state index contributed by atoms with van der Waals surface area (Å²) in [5.74, 6) is -0.944. The molecule has 0 fully saturated rings. The summed E-state index contributed by atoms with van der Waals surface area (Å²) in [6.07, 6.45) is 3.57. The van der Waals surface area contributed by atoms with Gasteiger partial charge in [0.15, 0.2) is 0 Å². The maximum atomic E-state index is 10.4. The summed E-state index contributed by atoms with van der Waals surface area (Å²) >= 11 is 0. The minimum absolute atomic E-state index is 0.562. The molecule has 0 spiro atoms. The topological polar surface area (TPSA) is 55.8 Å². The Morgan fingerprint density at radius 1 is 1.28 bits per heavy atom. The molecule has 0 bridgehead atoms. The molecule has 0 heterocycles. The van der Waals surface area contributed by atoms with Gasteiger partial charge in [-0.15, -0.1) is 0 Å². The van der Waals surface area contributed by atoms with Gasteiger partial charge in [-0.2, -0.15) is 0 Å². The predicted molar refractivity (Wildman–Crippen MR) is 69.3 cm³/mol. The smallest absolute Gasteiger partial charge is 0.328 e. The van der Waals surface area contributed by atoms with E-state index >= 15 is 0 Å². The van der Waals surface area contributed by atoms with Gasteiger partial charge in [0, 0.05) is 26.4 Å². The summed E-state index contributed by atoms with van der Waals surface area (Å²) < 4.78 is 10.4. The van der Waals surface area contributed by atoms with E-state index in [1.54, 1.807) is 13.2 Å². The Morgan fingerprint density at radius 2 is 2.00 bits per heavy atom. The molecule has 0 aliphatic rings. The van der Waals surface area contributed by atoms with Crippen LogP contribution in [0.5, 0.6) is 0 Å². The second kappa shape index (κ2) is 8.44. The van der Waals surface area contributed by atoms with Crippen molar-refractivity contribution < 1.29 is 19.4 Å². The average molecular weight is 250 g/mol. The molecule has 4 heteroatoms. The number of methoxy groups -OCH3 is 1. The van der Waals surface area contributed by atoms with E-state index in [1.807, 2.05) is 24.3 Å². The highest BCUT2D eigenvalue weighted by atomic mass is 16.5. The van der Waals surface area contributed by atoms with E-state index in [9.17, 15) is 4.79 Å². The van der Waals surface area contributed by atoms with Crippen LogP contribution in [-0.2, 0) is 20.9 Å². The van der Waals surface area contributed by atoms with Gasteiger partial charge >= 0.3 is 5.97 Å². The van der Waals surface area contributed by atoms with Crippen molar-refractivity contribution in [3.05, 3.63) is 41.5 Å². The SMILES string of the molecule is COCCCOCc1ccc(C=CC(=O)O)cc1. The maximum Gasteiger partial charge on any atom is 0.328 e. The highest BCUT2D eigenvalue weighted by Crippen LogP contribution is 2.07. The number of rotatable bonds is 8. The fourth-order valence-electron chi connectivity index (χ4n) is 1.39. The monoisotopic (exact) mass is 250 g/mol. The van der Waals surface area contributed by atoms with E-state index < -0.39 is 5.97 Å². The molecule has 98 valence electrons. The number of hydrogen-bond donors (Lipinski definition) is 1. The first kappa shape index (κ1) is 14.4. The largest absolute Gasteiger partial charge is 0.478 e. The number of ether oxygens (including phenoxy) is 2. The van der Waals surface area contributed by atoms with Crippen molar-refractivity contribution in [3.8, 4) is 0 Å². The van der Waals surface area contributed by atoms with E-state index in [2.05, 4.69) is 0 Å². The number of hydrogen-bond acceptors (Lipinski definition) is 3. The zero-order chi connectivity index (χ0) is 13.2. The third kappa shape index (κ3) is 6.18. The third-order valence-corrected chi connectivity index (χ3v) is 2.30. The first-order chi connectivity index (χ1) is 8.72. The minimum atomic E-state index is -0.944. The molecular weight excluding hydrogens is 232 g/mol. The van der Waals surface area contributed by atoms with Gasteiger partial charge in [-0.05, 0) is 23.6 Å². The van der Waals surface area contributed by atoms with Crippen LogP contribution in [0, 0.1) is 0 Å². The standard InChI is InChI=1S/C14H18O4/c1-17-9-2-10-18-11-13-5-3-12(4-6-13)7-8-14(15)16/h3-8H,2,9-11H2,1H3,(H,15,16). The zero-order valence-corrected chi connectivity index (χ0v) is 10.5. The Balaban J connectivity index is 2.34. The summed E-state index contributed by atoms with van der Waals surface area (Å²) in [6.45, 7) is 1.94. The van der Waals surface area contributed by atoms with Crippen LogP contribution >= 0.6 is 0 Å². The molecule has 0 amide bonds. The van der Waals surface area contributed by atoms with Crippen LogP contribution in [0.15, 0.2) is 30.3 Å². The number of aliphatic carboxylic acids is 1. The molecule has 0 saturated heterocycles.